The topological polar surface area (TPSA) is 116 Å². The molecule has 160 valence electrons. The van der Waals surface area contributed by atoms with Gasteiger partial charge in [0.25, 0.3) is 5.91 Å². The first kappa shape index (κ1) is 20.5. The van der Waals surface area contributed by atoms with E-state index in [4.69, 9.17) is 5.73 Å². The van der Waals surface area contributed by atoms with Crippen LogP contribution in [0.3, 0.4) is 0 Å². The average molecular weight is 430 g/mol. The number of Topliss-reactive ketones (excluding diaryl/α,β-unsaturated/α-hetero) is 1. The molecule has 2 aromatic heterocycles. The van der Waals surface area contributed by atoms with Gasteiger partial charge < -0.3 is 11.1 Å². The number of nitrogen functional groups attached to an aromatic ring is 1. The summed E-state index contributed by atoms with van der Waals surface area (Å²) < 4.78 is 40.1. The zero-order valence-corrected chi connectivity index (χ0v) is 16.2. The summed E-state index contributed by atoms with van der Waals surface area (Å²) in [6.45, 7) is 1.85. The second kappa shape index (κ2) is 7.49. The van der Waals surface area contributed by atoms with Gasteiger partial charge in [0.15, 0.2) is 5.78 Å². The van der Waals surface area contributed by atoms with Crippen LogP contribution in [0.5, 0.6) is 0 Å². The molecule has 1 amide bonds. The van der Waals surface area contributed by atoms with E-state index in [-0.39, 0.29) is 34.7 Å². The third-order valence-electron chi connectivity index (χ3n) is 5.16. The van der Waals surface area contributed by atoms with Crippen LogP contribution in [0.1, 0.15) is 57.3 Å². The fourth-order valence-electron chi connectivity index (χ4n) is 3.59. The maximum absolute atomic E-state index is 13.2. The van der Waals surface area contributed by atoms with Crippen molar-refractivity contribution < 1.29 is 22.8 Å². The van der Waals surface area contributed by atoms with Gasteiger partial charge in [-0.15, -0.1) is 0 Å². The van der Waals surface area contributed by atoms with Crippen molar-refractivity contribution in [1.29, 1.82) is 0 Å². The molecule has 0 radical (unpaired) electrons. The Morgan fingerprint density at radius 2 is 1.81 bits per heavy atom. The normalized spacial score (nSPS) is 18.5. The van der Waals surface area contributed by atoms with Crippen molar-refractivity contribution in [3.8, 4) is 0 Å². The number of carbonyl (C=O) groups excluding carboxylic acids is 2. The standard InChI is InChI=1S/C20H17F3N6O2/c1-10-6-14(11-2-4-13(5-3-11)20(21,22)23)17(30)16-15(9-27-29(10)16)28-18(31)12-7-25-19(24)26-8-12/h2-5,7-10,14H,6H2,1H3,(H,28,31)(H2,24,25,26)/t10-,14?/m0/s1. The highest BCUT2D eigenvalue weighted by atomic mass is 19.4. The second-order valence-corrected chi connectivity index (χ2v) is 7.26. The molecular formula is C20H17F3N6O2. The van der Waals surface area contributed by atoms with E-state index in [0.717, 1.165) is 12.1 Å². The van der Waals surface area contributed by atoms with Crippen LogP contribution in [-0.2, 0) is 6.18 Å². The minimum Gasteiger partial charge on any atom is -0.368 e. The summed E-state index contributed by atoms with van der Waals surface area (Å²) in [6, 6.07) is 4.35. The van der Waals surface area contributed by atoms with Crippen molar-refractivity contribution in [1.82, 2.24) is 19.7 Å². The van der Waals surface area contributed by atoms with Crippen molar-refractivity contribution in [2.75, 3.05) is 11.1 Å². The molecule has 0 bridgehead atoms. The first-order valence-electron chi connectivity index (χ1n) is 9.33. The third-order valence-corrected chi connectivity index (χ3v) is 5.16. The number of benzene rings is 1. The number of aromatic nitrogens is 4. The lowest BCUT2D eigenvalue weighted by atomic mass is 9.84. The first-order chi connectivity index (χ1) is 14.6. The third kappa shape index (κ3) is 3.86. The largest absolute Gasteiger partial charge is 0.416 e. The van der Waals surface area contributed by atoms with Crippen molar-refractivity contribution in [3.63, 3.8) is 0 Å². The lowest BCUT2D eigenvalue weighted by molar-refractivity contribution is -0.137. The molecule has 1 aliphatic rings. The van der Waals surface area contributed by atoms with Crippen molar-refractivity contribution in [2.45, 2.75) is 31.5 Å². The van der Waals surface area contributed by atoms with Crippen LogP contribution >= 0.6 is 0 Å². The minimum atomic E-state index is -4.45. The van der Waals surface area contributed by atoms with Crippen molar-refractivity contribution >= 4 is 23.3 Å². The van der Waals surface area contributed by atoms with E-state index in [0.29, 0.717) is 12.0 Å². The molecule has 1 aromatic carbocycles. The second-order valence-electron chi connectivity index (χ2n) is 7.26. The molecule has 1 aliphatic heterocycles. The maximum atomic E-state index is 13.2. The highest BCUT2D eigenvalue weighted by Crippen LogP contribution is 2.39. The lowest BCUT2D eigenvalue weighted by Crippen LogP contribution is -2.29. The van der Waals surface area contributed by atoms with E-state index in [1.165, 1.54) is 35.4 Å². The molecule has 0 fully saturated rings. The summed E-state index contributed by atoms with van der Waals surface area (Å²) >= 11 is 0. The predicted octanol–water partition coefficient (Wildman–Crippen LogP) is 3.46. The Balaban J connectivity index is 1.62. The molecule has 8 nitrogen and oxygen atoms in total. The molecule has 4 rings (SSSR count). The van der Waals surface area contributed by atoms with E-state index >= 15 is 0 Å². The number of nitrogens with zero attached hydrogens (tertiary/aromatic N) is 4. The number of fused-ring (bicyclic) bond motifs is 1. The SMILES string of the molecule is C[C@H]1CC(c2ccc(C(F)(F)F)cc2)C(=O)c2c(NC(=O)c3cnc(N)nc3)cnn21. The highest BCUT2D eigenvalue weighted by Gasteiger charge is 2.37. The summed E-state index contributed by atoms with van der Waals surface area (Å²) in [5.41, 5.74) is 5.64. The van der Waals surface area contributed by atoms with Gasteiger partial charge in [-0.25, -0.2) is 9.97 Å². The van der Waals surface area contributed by atoms with Crippen LogP contribution in [0, 0.1) is 0 Å². The monoisotopic (exact) mass is 430 g/mol. The molecule has 2 atom stereocenters. The van der Waals surface area contributed by atoms with Gasteiger partial charge in [-0.1, -0.05) is 12.1 Å². The minimum absolute atomic E-state index is 0.0165. The Morgan fingerprint density at radius 3 is 2.42 bits per heavy atom. The number of alkyl halides is 3. The number of ketones is 1. The maximum Gasteiger partial charge on any atom is 0.416 e. The predicted molar refractivity (Wildman–Crippen MR) is 104 cm³/mol. The van der Waals surface area contributed by atoms with Crippen LogP contribution in [0.15, 0.2) is 42.9 Å². The van der Waals surface area contributed by atoms with Crippen LogP contribution in [-0.4, -0.2) is 31.4 Å². The molecule has 1 unspecified atom stereocenters. The number of amides is 1. The molecule has 0 spiro atoms. The van der Waals surface area contributed by atoms with Gasteiger partial charge in [0.1, 0.15) is 5.69 Å². The van der Waals surface area contributed by atoms with Crippen LogP contribution < -0.4 is 11.1 Å². The van der Waals surface area contributed by atoms with Gasteiger partial charge in [0.2, 0.25) is 5.95 Å². The van der Waals surface area contributed by atoms with Crippen LogP contribution in [0.4, 0.5) is 24.8 Å². The Kier molecular flexibility index (Phi) is 4.96. The Labute approximate surface area is 174 Å². The Morgan fingerprint density at radius 1 is 1.16 bits per heavy atom. The van der Waals surface area contributed by atoms with Gasteiger partial charge in [-0.3, -0.25) is 14.3 Å². The van der Waals surface area contributed by atoms with Gasteiger partial charge in [0.05, 0.1) is 35.0 Å². The van der Waals surface area contributed by atoms with E-state index < -0.39 is 23.6 Å². The zero-order chi connectivity index (χ0) is 22.3. The molecule has 3 aromatic rings. The summed E-state index contributed by atoms with van der Waals surface area (Å²) in [6.07, 6.45) is -0.205. The van der Waals surface area contributed by atoms with Gasteiger partial charge in [0, 0.05) is 12.4 Å². The Hall–Kier alpha value is -3.76. The van der Waals surface area contributed by atoms with E-state index in [2.05, 4.69) is 20.4 Å². The molecule has 0 saturated carbocycles. The number of hydrogen-bond donors (Lipinski definition) is 2. The number of hydrogen-bond acceptors (Lipinski definition) is 6. The number of rotatable bonds is 3. The van der Waals surface area contributed by atoms with E-state index in [9.17, 15) is 22.8 Å². The zero-order valence-electron chi connectivity index (χ0n) is 16.2. The summed E-state index contributed by atoms with van der Waals surface area (Å²) in [5.74, 6) is -1.52. The van der Waals surface area contributed by atoms with Crippen molar-refractivity contribution in [2.24, 2.45) is 0 Å². The fraction of sp³-hybridized carbons (Fsp3) is 0.250. The first-order valence-corrected chi connectivity index (χ1v) is 9.33. The summed E-state index contributed by atoms with van der Waals surface area (Å²) in [7, 11) is 0. The number of halogens is 3. The molecule has 31 heavy (non-hydrogen) atoms. The van der Waals surface area contributed by atoms with Gasteiger partial charge in [-0.2, -0.15) is 18.3 Å². The molecule has 3 N–H and O–H groups in total. The number of anilines is 2. The molecule has 0 aliphatic carbocycles. The van der Waals surface area contributed by atoms with Crippen LogP contribution in [0.25, 0.3) is 0 Å². The van der Waals surface area contributed by atoms with Gasteiger partial charge in [-0.05, 0) is 31.0 Å². The molecular weight excluding hydrogens is 413 g/mol. The number of carbonyl (C=O) groups is 2. The molecule has 3 heterocycles. The van der Waals surface area contributed by atoms with Crippen molar-refractivity contribution in [3.05, 3.63) is 65.2 Å². The summed E-state index contributed by atoms with van der Waals surface area (Å²) in [5, 5.41) is 6.83. The van der Waals surface area contributed by atoms with E-state index in [1.54, 1.807) is 0 Å². The molecule has 11 heteroatoms. The lowest BCUT2D eigenvalue weighted by Gasteiger charge is -2.28. The number of nitrogens with two attached hydrogens (primary N) is 1. The quantitative estimate of drug-likeness (QED) is 0.658. The Bertz CT molecular complexity index is 1140. The molecule has 0 saturated heterocycles. The van der Waals surface area contributed by atoms with E-state index in [1.807, 2.05) is 6.92 Å². The van der Waals surface area contributed by atoms with Gasteiger partial charge >= 0.3 is 6.18 Å². The van der Waals surface area contributed by atoms with Crippen LogP contribution in [0.2, 0.25) is 0 Å². The average Bonchev–Trinajstić information content (AvgIpc) is 3.15. The summed E-state index contributed by atoms with van der Waals surface area (Å²) in [4.78, 5) is 33.2. The highest BCUT2D eigenvalue weighted by molar-refractivity contribution is 6.10. The fourth-order valence-corrected chi connectivity index (χ4v) is 3.59. The number of nitrogens with one attached hydrogen (secondary N) is 1. The smallest absolute Gasteiger partial charge is 0.368 e.